The van der Waals surface area contributed by atoms with Crippen LogP contribution in [0.5, 0.6) is 0 Å². The summed E-state index contributed by atoms with van der Waals surface area (Å²) in [5, 5.41) is 1.19. The number of nitrogens with zero attached hydrogens (tertiary/aromatic N) is 2. The van der Waals surface area contributed by atoms with Gasteiger partial charge in [0.15, 0.2) is 0 Å². The third-order valence-electron chi connectivity index (χ3n) is 3.84. The highest BCUT2D eigenvalue weighted by atomic mass is 16.7. The molecule has 0 bridgehead atoms. The first kappa shape index (κ1) is 14.5. The largest absolute Gasteiger partial charge is 0.335 e. The maximum atomic E-state index is 12.1. The summed E-state index contributed by atoms with van der Waals surface area (Å²) in [5.41, 5.74) is 1.08. The molecule has 0 N–H and O–H groups in total. The second kappa shape index (κ2) is 6.05. The third-order valence-corrected chi connectivity index (χ3v) is 3.84. The quantitative estimate of drug-likeness (QED) is 0.785. The van der Waals surface area contributed by atoms with E-state index in [4.69, 9.17) is 4.84 Å². The van der Waals surface area contributed by atoms with Gasteiger partial charge in [-0.1, -0.05) is 30.3 Å². The molecule has 1 fully saturated rings. The van der Waals surface area contributed by atoms with Crippen LogP contribution in [0.4, 0.5) is 0 Å². The van der Waals surface area contributed by atoms with Crippen LogP contribution >= 0.6 is 0 Å². The molecule has 0 aliphatic carbocycles. The molecule has 0 aromatic heterocycles. The van der Waals surface area contributed by atoms with E-state index < -0.39 is 0 Å². The third kappa shape index (κ3) is 2.82. The van der Waals surface area contributed by atoms with E-state index in [0.29, 0.717) is 6.54 Å². The van der Waals surface area contributed by atoms with Crippen molar-refractivity contribution in [3.05, 3.63) is 35.9 Å². The lowest BCUT2D eigenvalue weighted by Gasteiger charge is -2.25. The summed E-state index contributed by atoms with van der Waals surface area (Å²) < 4.78 is 0. The summed E-state index contributed by atoms with van der Waals surface area (Å²) in [7, 11) is 3.01. The number of carbonyl (C=O) groups excluding carboxylic acids is 2. The van der Waals surface area contributed by atoms with Gasteiger partial charge in [0, 0.05) is 20.0 Å². The number of hydrogen-bond acceptors (Lipinski definition) is 3. The molecule has 2 amide bonds. The molecule has 5 nitrogen and oxygen atoms in total. The number of hydrogen-bond donors (Lipinski definition) is 0. The Morgan fingerprint density at radius 3 is 2.65 bits per heavy atom. The van der Waals surface area contributed by atoms with Gasteiger partial charge < -0.3 is 4.90 Å². The lowest BCUT2D eigenvalue weighted by Crippen LogP contribution is -2.34. The summed E-state index contributed by atoms with van der Waals surface area (Å²) in [4.78, 5) is 30.8. The SMILES string of the molecule is CON(C)C(=O)[C@@H]1CC(=O)N([C@@H](C)c2ccccc2)C1. The first-order valence-electron chi connectivity index (χ1n) is 6.70. The number of rotatable bonds is 4. The van der Waals surface area contributed by atoms with Gasteiger partial charge in [-0.25, -0.2) is 5.06 Å². The van der Waals surface area contributed by atoms with Crippen LogP contribution in [-0.2, 0) is 14.4 Å². The zero-order chi connectivity index (χ0) is 14.7. The van der Waals surface area contributed by atoms with Crippen molar-refractivity contribution in [1.82, 2.24) is 9.96 Å². The van der Waals surface area contributed by atoms with Crippen LogP contribution in [0.25, 0.3) is 0 Å². The van der Waals surface area contributed by atoms with Crippen LogP contribution in [-0.4, -0.2) is 42.5 Å². The van der Waals surface area contributed by atoms with Crippen molar-refractivity contribution in [1.29, 1.82) is 0 Å². The van der Waals surface area contributed by atoms with Crippen LogP contribution in [0.1, 0.15) is 24.9 Å². The molecular formula is C15H20N2O3. The van der Waals surface area contributed by atoms with E-state index in [2.05, 4.69) is 0 Å². The summed E-state index contributed by atoms with van der Waals surface area (Å²) in [6.07, 6.45) is 0.254. The Kier molecular flexibility index (Phi) is 4.39. The lowest BCUT2D eigenvalue weighted by atomic mass is 10.1. The summed E-state index contributed by atoms with van der Waals surface area (Å²) in [6, 6.07) is 9.82. The van der Waals surface area contributed by atoms with Gasteiger partial charge >= 0.3 is 0 Å². The Hall–Kier alpha value is -1.88. The number of carbonyl (C=O) groups is 2. The highest BCUT2D eigenvalue weighted by Crippen LogP contribution is 2.29. The first-order valence-corrected chi connectivity index (χ1v) is 6.70. The van der Waals surface area contributed by atoms with Crippen LogP contribution < -0.4 is 0 Å². The Balaban J connectivity index is 2.08. The predicted molar refractivity (Wildman–Crippen MR) is 74.5 cm³/mol. The van der Waals surface area contributed by atoms with Crippen molar-refractivity contribution < 1.29 is 14.4 Å². The minimum Gasteiger partial charge on any atom is -0.335 e. The van der Waals surface area contributed by atoms with Crippen molar-refractivity contribution in [3.63, 3.8) is 0 Å². The molecule has 20 heavy (non-hydrogen) atoms. The maximum absolute atomic E-state index is 12.1. The average Bonchev–Trinajstić information content (AvgIpc) is 2.87. The summed E-state index contributed by atoms with van der Waals surface area (Å²) in [5.74, 6) is -0.452. The molecule has 1 saturated heterocycles. The standard InChI is InChI=1S/C15H20N2O3/c1-11(12-7-5-4-6-8-12)17-10-13(9-14(17)18)15(19)16(2)20-3/h4-8,11,13H,9-10H2,1-3H3/t11-,13+/m0/s1. The fourth-order valence-electron chi connectivity index (χ4n) is 2.53. The Morgan fingerprint density at radius 2 is 2.05 bits per heavy atom. The van der Waals surface area contributed by atoms with E-state index >= 15 is 0 Å². The molecule has 0 spiro atoms. The van der Waals surface area contributed by atoms with Gasteiger partial charge in [0.2, 0.25) is 5.91 Å². The zero-order valence-corrected chi connectivity index (χ0v) is 12.1. The van der Waals surface area contributed by atoms with E-state index in [1.165, 1.54) is 12.2 Å². The van der Waals surface area contributed by atoms with E-state index in [9.17, 15) is 9.59 Å². The van der Waals surface area contributed by atoms with Crippen molar-refractivity contribution in [2.45, 2.75) is 19.4 Å². The highest BCUT2D eigenvalue weighted by molar-refractivity contribution is 5.89. The molecule has 1 aromatic carbocycles. The minimum atomic E-state index is -0.321. The van der Waals surface area contributed by atoms with Crippen molar-refractivity contribution >= 4 is 11.8 Å². The number of likely N-dealkylation sites (tertiary alicyclic amines) is 1. The van der Waals surface area contributed by atoms with Gasteiger partial charge in [-0.2, -0.15) is 0 Å². The van der Waals surface area contributed by atoms with Crippen LogP contribution in [0.3, 0.4) is 0 Å². The van der Waals surface area contributed by atoms with Gasteiger partial charge in [-0.3, -0.25) is 14.4 Å². The fourth-order valence-corrected chi connectivity index (χ4v) is 2.53. The Labute approximate surface area is 119 Å². The molecule has 0 saturated carbocycles. The lowest BCUT2D eigenvalue weighted by molar-refractivity contribution is -0.173. The van der Waals surface area contributed by atoms with E-state index in [0.717, 1.165) is 5.56 Å². The van der Waals surface area contributed by atoms with Gasteiger partial charge in [-0.05, 0) is 12.5 Å². The van der Waals surface area contributed by atoms with E-state index in [1.807, 2.05) is 37.3 Å². The van der Waals surface area contributed by atoms with Crippen LogP contribution in [0.2, 0.25) is 0 Å². The number of hydroxylamine groups is 2. The molecule has 5 heteroatoms. The molecule has 2 atom stereocenters. The molecular weight excluding hydrogens is 256 g/mol. The van der Waals surface area contributed by atoms with Crippen molar-refractivity contribution in [2.24, 2.45) is 5.92 Å². The molecule has 1 aromatic rings. The van der Waals surface area contributed by atoms with Gasteiger partial charge in [0.1, 0.15) is 0 Å². The average molecular weight is 276 g/mol. The molecule has 1 aliphatic rings. The molecule has 1 aliphatic heterocycles. The predicted octanol–water partition coefficient (Wildman–Crippen LogP) is 1.62. The Bertz CT molecular complexity index is 489. The van der Waals surface area contributed by atoms with Crippen molar-refractivity contribution in [2.75, 3.05) is 20.7 Å². The summed E-state index contributed by atoms with van der Waals surface area (Å²) >= 11 is 0. The second-order valence-electron chi connectivity index (χ2n) is 5.05. The maximum Gasteiger partial charge on any atom is 0.251 e. The molecule has 2 rings (SSSR count). The molecule has 0 radical (unpaired) electrons. The topological polar surface area (TPSA) is 49.9 Å². The van der Waals surface area contributed by atoms with Crippen molar-refractivity contribution in [3.8, 4) is 0 Å². The molecule has 0 unspecified atom stereocenters. The Morgan fingerprint density at radius 1 is 1.40 bits per heavy atom. The summed E-state index contributed by atoms with van der Waals surface area (Å²) in [6.45, 7) is 2.43. The monoisotopic (exact) mass is 276 g/mol. The van der Waals surface area contributed by atoms with Crippen LogP contribution in [0.15, 0.2) is 30.3 Å². The van der Waals surface area contributed by atoms with Gasteiger partial charge in [0.05, 0.1) is 19.1 Å². The van der Waals surface area contributed by atoms with E-state index in [1.54, 1.807) is 11.9 Å². The normalized spacial score (nSPS) is 20.1. The first-order chi connectivity index (χ1) is 9.54. The highest BCUT2D eigenvalue weighted by Gasteiger charge is 2.38. The fraction of sp³-hybridized carbons (Fsp3) is 0.467. The second-order valence-corrected chi connectivity index (χ2v) is 5.05. The van der Waals surface area contributed by atoms with Gasteiger partial charge in [0.25, 0.3) is 5.91 Å². The molecule has 108 valence electrons. The number of amides is 2. The zero-order valence-electron chi connectivity index (χ0n) is 12.1. The van der Waals surface area contributed by atoms with Gasteiger partial charge in [-0.15, -0.1) is 0 Å². The van der Waals surface area contributed by atoms with Crippen LogP contribution in [0, 0.1) is 5.92 Å². The minimum absolute atomic E-state index is 0.0178. The number of benzene rings is 1. The molecule has 1 heterocycles. The smallest absolute Gasteiger partial charge is 0.251 e. The van der Waals surface area contributed by atoms with E-state index in [-0.39, 0.29) is 30.2 Å².